The first-order valence-corrected chi connectivity index (χ1v) is 11.7. The standard InChI is InChI=1S/C24H26N2O3S/c1-25(17-19-8-3-2-4-9-19)24(27)22-12-7-15-26(18-22)30(28,29)23-14-13-20-10-5-6-11-21(20)16-23/h2-6,8-11,13-14,16,22H,7,12,15,17-18H2,1H3/t22-/m0/s1. The third-order valence-corrected chi connectivity index (χ3v) is 7.59. The molecule has 156 valence electrons. The molecular formula is C24H26N2O3S. The summed E-state index contributed by atoms with van der Waals surface area (Å²) < 4.78 is 28.0. The summed E-state index contributed by atoms with van der Waals surface area (Å²) in [6, 6.07) is 22.7. The Morgan fingerprint density at radius 1 is 1.00 bits per heavy atom. The van der Waals surface area contributed by atoms with Gasteiger partial charge in [0.1, 0.15) is 0 Å². The molecule has 1 atom stereocenters. The van der Waals surface area contributed by atoms with Gasteiger partial charge in [-0.2, -0.15) is 4.31 Å². The topological polar surface area (TPSA) is 57.7 Å². The average Bonchev–Trinajstić information content (AvgIpc) is 2.79. The van der Waals surface area contributed by atoms with Gasteiger partial charge in [-0.15, -0.1) is 0 Å². The number of fused-ring (bicyclic) bond motifs is 1. The van der Waals surface area contributed by atoms with Crippen LogP contribution in [0.4, 0.5) is 0 Å². The number of carbonyl (C=O) groups is 1. The molecule has 30 heavy (non-hydrogen) atoms. The van der Waals surface area contributed by atoms with E-state index in [0.29, 0.717) is 25.9 Å². The first-order valence-electron chi connectivity index (χ1n) is 10.2. The van der Waals surface area contributed by atoms with Gasteiger partial charge in [-0.3, -0.25) is 4.79 Å². The first kappa shape index (κ1) is 20.6. The Kier molecular flexibility index (Phi) is 5.88. The molecule has 0 saturated carbocycles. The van der Waals surface area contributed by atoms with Crippen molar-refractivity contribution in [3.63, 3.8) is 0 Å². The van der Waals surface area contributed by atoms with E-state index < -0.39 is 10.0 Å². The number of piperidine rings is 1. The lowest BCUT2D eigenvalue weighted by Gasteiger charge is -2.33. The predicted octanol–water partition coefficient (Wildman–Crippen LogP) is 3.90. The molecule has 3 aromatic carbocycles. The maximum Gasteiger partial charge on any atom is 0.243 e. The summed E-state index contributed by atoms with van der Waals surface area (Å²) in [4.78, 5) is 15.0. The van der Waals surface area contributed by atoms with Crippen LogP contribution in [-0.4, -0.2) is 43.7 Å². The Morgan fingerprint density at radius 3 is 2.47 bits per heavy atom. The van der Waals surface area contributed by atoms with Gasteiger partial charge in [-0.1, -0.05) is 60.7 Å². The van der Waals surface area contributed by atoms with Crippen LogP contribution in [0.2, 0.25) is 0 Å². The normalized spacial score (nSPS) is 17.7. The molecular weight excluding hydrogens is 396 g/mol. The minimum absolute atomic E-state index is 0.00253. The van der Waals surface area contributed by atoms with Crippen molar-refractivity contribution in [3.8, 4) is 0 Å². The van der Waals surface area contributed by atoms with Crippen molar-refractivity contribution in [2.24, 2.45) is 5.92 Å². The van der Waals surface area contributed by atoms with E-state index >= 15 is 0 Å². The molecule has 4 rings (SSSR count). The molecule has 0 bridgehead atoms. The molecule has 1 heterocycles. The number of rotatable bonds is 5. The Balaban J connectivity index is 1.50. The van der Waals surface area contributed by atoms with Crippen LogP contribution in [0.15, 0.2) is 77.7 Å². The Morgan fingerprint density at radius 2 is 1.70 bits per heavy atom. The van der Waals surface area contributed by atoms with Gasteiger partial charge in [0, 0.05) is 26.7 Å². The van der Waals surface area contributed by atoms with E-state index in [0.717, 1.165) is 16.3 Å². The molecule has 0 spiro atoms. The monoisotopic (exact) mass is 422 g/mol. The number of nitrogens with zero attached hydrogens (tertiary/aromatic N) is 2. The average molecular weight is 423 g/mol. The highest BCUT2D eigenvalue weighted by molar-refractivity contribution is 7.89. The fourth-order valence-electron chi connectivity index (χ4n) is 4.09. The summed E-state index contributed by atoms with van der Waals surface area (Å²) in [5.74, 6) is -0.319. The summed E-state index contributed by atoms with van der Waals surface area (Å²) in [6.07, 6.45) is 1.39. The Labute approximate surface area is 178 Å². The summed E-state index contributed by atoms with van der Waals surface area (Å²) >= 11 is 0. The quantitative estimate of drug-likeness (QED) is 0.627. The van der Waals surface area contributed by atoms with Gasteiger partial charge in [0.15, 0.2) is 0 Å². The zero-order valence-electron chi connectivity index (χ0n) is 17.1. The van der Waals surface area contributed by atoms with Gasteiger partial charge < -0.3 is 4.90 Å². The number of hydrogen-bond acceptors (Lipinski definition) is 3. The van der Waals surface area contributed by atoms with Crippen LogP contribution in [-0.2, 0) is 21.4 Å². The second-order valence-corrected chi connectivity index (χ2v) is 9.83. The molecule has 5 nitrogen and oxygen atoms in total. The van der Waals surface area contributed by atoms with Crippen molar-refractivity contribution < 1.29 is 13.2 Å². The number of amides is 1. The number of benzene rings is 3. The van der Waals surface area contributed by atoms with E-state index in [4.69, 9.17) is 0 Å². The number of carbonyl (C=O) groups excluding carboxylic acids is 1. The third-order valence-electron chi connectivity index (χ3n) is 5.73. The Bertz CT molecular complexity index is 1150. The maximum absolute atomic E-state index is 13.3. The third kappa shape index (κ3) is 4.25. The van der Waals surface area contributed by atoms with Gasteiger partial charge in [0.2, 0.25) is 15.9 Å². The van der Waals surface area contributed by atoms with E-state index in [1.807, 2.05) is 60.7 Å². The molecule has 0 aromatic heterocycles. The van der Waals surface area contributed by atoms with Crippen molar-refractivity contribution in [2.75, 3.05) is 20.1 Å². The fraction of sp³-hybridized carbons (Fsp3) is 0.292. The van der Waals surface area contributed by atoms with Gasteiger partial charge in [-0.25, -0.2) is 8.42 Å². The van der Waals surface area contributed by atoms with Crippen molar-refractivity contribution in [3.05, 3.63) is 78.4 Å². The van der Waals surface area contributed by atoms with Crippen LogP contribution < -0.4 is 0 Å². The van der Waals surface area contributed by atoms with Crippen LogP contribution in [0, 0.1) is 5.92 Å². The van der Waals surface area contributed by atoms with Crippen molar-refractivity contribution in [1.29, 1.82) is 0 Å². The lowest BCUT2D eigenvalue weighted by atomic mass is 9.98. The van der Waals surface area contributed by atoms with Crippen molar-refractivity contribution in [2.45, 2.75) is 24.3 Å². The summed E-state index contributed by atoms with van der Waals surface area (Å²) in [5.41, 5.74) is 1.06. The van der Waals surface area contributed by atoms with E-state index in [1.165, 1.54) is 4.31 Å². The highest BCUT2D eigenvalue weighted by atomic mass is 32.2. The minimum Gasteiger partial charge on any atom is -0.341 e. The molecule has 0 radical (unpaired) electrons. The number of sulfonamides is 1. The molecule has 0 N–H and O–H groups in total. The molecule has 6 heteroatoms. The Hall–Kier alpha value is -2.70. The van der Waals surface area contributed by atoms with Gasteiger partial charge >= 0.3 is 0 Å². The largest absolute Gasteiger partial charge is 0.341 e. The predicted molar refractivity (Wildman–Crippen MR) is 118 cm³/mol. The summed E-state index contributed by atoms with van der Waals surface area (Å²) in [5, 5.41) is 1.90. The van der Waals surface area contributed by atoms with Crippen LogP contribution in [0.3, 0.4) is 0 Å². The van der Waals surface area contributed by atoms with E-state index in [2.05, 4.69) is 0 Å². The number of hydrogen-bond donors (Lipinski definition) is 0. The lowest BCUT2D eigenvalue weighted by molar-refractivity contribution is -0.135. The van der Waals surface area contributed by atoms with Crippen molar-refractivity contribution >= 4 is 26.7 Å². The molecule has 1 aliphatic heterocycles. The molecule has 1 saturated heterocycles. The molecule has 0 unspecified atom stereocenters. The first-order chi connectivity index (χ1) is 14.4. The second-order valence-electron chi connectivity index (χ2n) is 7.89. The molecule has 1 fully saturated rings. The van der Waals surface area contributed by atoms with Crippen LogP contribution >= 0.6 is 0 Å². The van der Waals surface area contributed by atoms with Crippen LogP contribution in [0.25, 0.3) is 10.8 Å². The molecule has 1 aliphatic rings. The van der Waals surface area contributed by atoms with Gasteiger partial charge in [0.25, 0.3) is 0 Å². The zero-order valence-corrected chi connectivity index (χ0v) is 17.9. The second kappa shape index (κ2) is 8.58. The highest BCUT2D eigenvalue weighted by Gasteiger charge is 2.34. The van der Waals surface area contributed by atoms with Crippen LogP contribution in [0.5, 0.6) is 0 Å². The van der Waals surface area contributed by atoms with E-state index in [9.17, 15) is 13.2 Å². The molecule has 1 amide bonds. The van der Waals surface area contributed by atoms with Crippen LogP contribution in [0.1, 0.15) is 18.4 Å². The van der Waals surface area contributed by atoms with Gasteiger partial charge in [0.05, 0.1) is 10.8 Å². The maximum atomic E-state index is 13.3. The SMILES string of the molecule is CN(Cc1ccccc1)C(=O)[C@H]1CCCN(S(=O)(=O)c2ccc3ccccc3c2)C1. The smallest absolute Gasteiger partial charge is 0.243 e. The molecule has 0 aliphatic carbocycles. The van der Waals surface area contributed by atoms with Gasteiger partial charge in [-0.05, 0) is 41.3 Å². The van der Waals surface area contributed by atoms with Crippen molar-refractivity contribution in [1.82, 2.24) is 9.21 Å². The zero-order chi connectivity index (χ0) is 21.1. The summed E-state index contributed by atoms with van der Waals surface area (Å²) in [6.45, 7) is 1.20. The minimum atomic E-state index is -3.64. The fourth-order valence-corrected chi connectivity index (χ4v) is 5.65. The highest BCUT2D eigenvalue weighted by Crippen LogP contribution is 2.27. The summed E-state index contributed by atoms with van der Waals surface area (Å²) in [7, 11) is -1.86. The molecule has 3 aromatic rings. The van der Waals surface area contributed by atoms with E-state index in [1.54, 1.807) is 24.1 Å². The lowest BCUT2D eigenvalue weighted by Crippen LogP contribution is -2.45. The van der Waals surface area contributed by atoms with E-state index in [-0.39, 0.29) is 23.3 Å².